The molecule has 1 unspecified atom stereocenters. The lowest BCUT2D eigenvalue weighted by Crippen LogP contribution is -2.44. The number of hydrogen-bond donors (Lipinski definition) is 0. The molecule has 6 rings (SSSR count). The van der Waals surface area contributed by atoms with Crippen molar-refractivity contribution in [2.75, 3.05) is 33.6 Å². The molecule has 214 valence electrons. The number of imidazole rings is 1. The lowest BCUT2D eigenvalue weighted by atomic mass is 10.0. The van der Waals surface area contributed by atoms with Crippen molar-refractivity contribution in [3.05, 3.63) is 54.6 Å². The number of fused-ring (bicyclic) bond motifs is 2. The van der Waals surface area contributed by atoms with Crippen LogP contribution in [0.3, 0.4) is 0 Å². The molecule has 0 saturated carbocycles. The summed E-state index contributed by atoms with van der Waals surface area (Å²) in [4.78, 5) is 30.1. The van der Waals surface area contributed by atoms with Gasteiger partial charge in [-0.2, -0.15) is 18.3 Å². The van der Waals surface area contributed by atoms with Gasteiger partial charge in [0.25, 0.3) is 5.91 Å². The Bertz CT molecular complexity index is 1610. The van der Waals surface area contributed by atoms with Crippen molar-refractivity contribution in [1.82, 2.24) is 24.1 Å². The summed E-state index contributed by atoms with van der Waals surface area (Å²) in [6, 6.07) is 6.86. The van der Waals surface area contributed by atoms with E-state index in [1.165, 1.54) is 11.8 Å². The van der Waals surface area contributed by atoms with E-state index in [9.17, 15) is 22.8 Å². The maximum Gasteiger partial charge on any atom is 0.406 e. The highest BCUT2D eigenvalue weighted by atomic mass is 19.4. The standard InChI is InChI=1S/C27H24F3N5O6/c1-38-21-6-17(7-22-25(21)26(37)33(15-40-22)14-27(28,29)30)20-10-31-23-8-16(2-4-35(20)23)18-9-32-34(11-18)12-24(36)41-19-3-5-39-13-19/h2,4,6-11,19H,3,5,12-15H2,1H3. The van der Waals surface area contributed by atoms with Gasteiger partial charge in [0.2, 0.25) is 0 Å². The SMILES string of the molecule is COc1cc(-c2cnc3cc(-c4cnn(CC(=O)OC5CCOC5)c4)ccn23)cc2c1C(=O)N(CC(F)(F)F)CO2. The van der Waals surface area contributed by atoms with E-state index in [0.29, 0.717) is 41.4 Å². The minimum absolute atomic E-state index is 0.0228. The zero-order valence-electron chi connectivity index (χ0n) is 21.8. The quantitative estimate of drug-likeness (QED) is 0.310. The Labute approximate surface area is 231 Å². The minimum atomic E-state index is -4.56. The number of carbonyl (C=O) groups excluding carboxylic acids is 2. The second-order valence-corrected chi connectivity index (χ2v) is 9.63. The van der Waals surface area contributed by atoms with Crippen molar-refractivity contribution < 1.29 is 41.7 Å². The fourth-order valence-corrected chi connectivity index (χ4v) is 4.86. The predicted octanol–water partition coefficient (Wildman–Crippen LogP) is 3.56. The van der Waals surface area contributed by atoms with E-state index >= 15 is 0 Å². The minimum Gasteiger partial charge on any atom is -0.496 e. The first-order chi connectivity index (χ1) is 19.7. The highest BCUT2D eigenvalue weighted by Crippen LogP contribution is 2.39. The number of nitrogens with zero attached hydrogens (tertiary/aromatic N) is 5. The molecule has 4 aromatic rings. The van der Waals surface area contributed by atoms with Crippen LogP contribution in [0.4, 0.5) is 13.2 Å². The van der Waals surface area contributed by atoms with Crippen LogP contribution >= 0.6 is 0 Å². The highest BCUT2D eigenvalue weighted by Gasteiger charge is 2.38. The van der Waals surface area contributed by atoms with E-state index < -0.39 is 25.4 Å². The number of benzene rings is 1. The number of halogens is 3. The van der Waals surface area contributed by atoms with E-state index in [-0.39, 0.29) is 35.7 Å². The first-order valence-corrected chi connectivity index (χ1v) is 12.7. The summed E-state index contributed by atoms with van der Waals surface area (Å²) in [6.07, 6.45) is 2.73. The average Bonchev–Trinajstić information content (AvgIpc) is 3.70. The second-order valence-electron chi connectivity index (χ2n) is 9.63. The Kier molecular flexibility index (Phi) is 6.77. The van der Waals surface area contributed by atoms with Crippen LogP contribution in [0.1, 0.15) is 16.8 Å². The zero-order valence-corrected chi connectivity index (χ0v) is 21.8. The largest absolute Gasteiger partial charge is 0.496 e. The van der Waals surface area contributed by atoms with Crippen molar-refractivity contribution in [1.29, 1.82) is 0 Å². The Morgan fingerprint density at radius 1 is 1.17 bits per heavy atom. The average molecular weight is 572 g/mol. The maximum absolute atomic E-state index is 12.9. The summed E-state index contributed by atoms with van der Waals surface area (Å²) < 4.78 is 63.6. The van der Waals surface area contributed by atoms with Gasteiger partial charge in [-0.15, -0.1) is 0 Å². The Morgan fingerprint density at radius 2 is 2.02 bits per heavy atom. The lowest BCUT2D eigenvalue weighted by molar-refractivity contribution is -0.150. The van der Waals surface area contributed by atoms with Gasteiger partial charge in [-0.3, -0.25) is 23.6 Å². The number of methoxy groups -OCH3 is 1. The molecule has 1 fully saturated rings. The van der Waals surface area contributed by atoms with Gasteiger partial charge in [0, 0.05) is 29.9 Å². The van der Waals surface area contributed by atoms with Gasteiger partial charge in [0.1, 0.15) is 41.9 Å². The fraction of sp³-hybridized carbons (Fsp3) is 0.333. The van der Waals surface area contributed by atoms with E-state index in [4.69, 9.17) is 18.9 Å². The lowest BCUT2D eigenvalue weighted by Gasteiger charge is -2.30. The molecule has 2 aliphatic rings. The van der Waals surface area contributed by atoms with Crippen LogP contribution in [0.15, 0.2) is 49.1 Å². The molecule has 0 spiro atoms. The summed E-state index contributed by atoms with van der Waals surface area (Å²) in [5, 5.41) is 4.27. The number of alkyl halides is 3. The van der Waals surface area contributed by atoms with Crippen LogP contribution in [0, 0.1) is 0 Å². The van der Waals surface area contributed by atoms with Crippen molar-refractivity contribution in [3.8, 4) is 33.9 Å². The summed E-state index contributed by atoms with van der Waals surface area (Å²) in [5.41, 5.74) is 3.38. The smallest absolute Gasteiger partial charge is 0.406 e. The molecule has 0 aliphatic carbocycles. The van der Waals surface area contributed by atoms with Crippen molar-refractivity contribution in [2.24, 2.45) is 0 Å². The molecule has 5 heterocycles. The molecule has 0 bridgehead atoms. The van der Waals surface area contributed by atoms with E-state index in [1.54, 1.807) is 30.7 Å². The van der Waals surface area contributed by atoms with Gasteiger partial charge in [0.15, 0.2) is 6.73 Å². The van der Waals surface area contributed by atoms with Crippen LogP contribution in [0.5, 0.6) is 11.5 Å². The molecular weight excluding hydrogens is 547 g/mol. The molecule has 11 nitrogen and oxygen atoms in total. The number of rotatable bonds is 7. The molecule has 1 aromatic carbocycles. The third kappa shape index (κ3) is 5.42. The van der Waals surface area contributed by atoms with Gasteiger partial charge in [-0.25, -0.2) is 4.98 Å². The summed E-state index contributed by atoms with van der Waals surface area (Å²) in [5.74, 6) is -0.994. The molecule has 1 saturated heterocycles. The molecule has 1 atom stereocenters. The van der Waals surface area contributed by atoms with Gasteiger partial charge in [-0.05, 0) is 29.8 Å². The number of pyridine rings is 1. The molecule has 0 radical (unpaired) electrons. The molecule has 41 heavy (non-hydrogen) atoms. The molecule has 1 amide bonds. The highest BCUT2D eigenvalue weighted by molar-refractivity contribution is 6.01. The fourth-order valence-electron chi connectivity index (χ4n) is 4.86. The number of hydrogen-bond acceptors (Lipinski definition) is 8. The summed E-state index contributed by atoms with van der Waals surface area (Å²) in [7, 11) is 1.33. The van der Waals surface area contributed by atoms with Crippen LogP contribution < -0.4 is 9.47 Å². The molecule has 14 heteroatoms. The molecular formula is C27H24F3N5O6. The zero-order chi connectivity index (χ0) is 28.7. The van der Waals surface area contributed by atoms with Crippen LogP contribution in [-0.4, -0.2) is 81.8 Å². The third-order valence-electron chi connectivity index (χ3n) is 6.79. The maximum atomic E-state index is 12.9. The number of aromatic nitrogens is 4. The number of amides is 1. The van der Waals surface area contributed by atoms with Crippen molar-refractivity contribution in [2.45, 2.75) is 25.2 Å². The first kappa shape index (κ1) is 26.6. The normalized spacial score (nSPS) is 17.0. The van der Waals surface area contributed by atoms with Crippen molar-refractivity contribution in [3.63, 3.8) is 0 Å². The van der Waals surface area contributed by atoms with Gasteiger partial charge in [0.05, 0.1) is 38.4 Å². The number of carbonyl (C=O) groups is 2. The second kappa shape index (κ2) is 10.4. The Hall–Kier alpha value is -4.59. The number of ether oxygens (including phenoxy) is 4. The van der Waals surface area contributed by atoms with Gasteiger partial charge >= 0.3 is 12.1 Å². The van der Waals surface area contributed by atoms with E-state index in [1.807, 2.05) is 22.7 Å². The van der Waals surface area contributed by atoms with Crippen LogP contribution in [0.2, 0.25) is 0 Å². The van der Waals surface area contributed by atoms with Gasteiger partial charge < -0.3 is 18.9 Å². The molecule has 0 N–H and O–H groups in total. The van der Waals surface area contributed by atoms with E-state index in [0.717, 1.165) is 11.1 Å². The van der Waals surface area contributed by atoms with Crippen molar-refractivity contribution >= 4 is 17.5 Å². The monoisotopic (exact) mass is 571 g/mol. The third-order valence-corrected chi connectivity index (χ3v) is 6.79. The molecule has 3 aromatic heterocycles. The molecule has 2 aliphatic heterocycles. The summed E-state index contributed by atoms with van der Waals surface area (Å²) in [6.45, 7) is -0.990. The Morgan fingerprint density at radius 3 is 2.78 bits per heavy atom. The number of esters is 1. The summed E-state index contributed by atoms with van der Waals surface area (Å²) >= 11 is 0. The van der Waals surface area contributed by atoms with Crippen LogP contribution in [-0.2, 0) is 20.8 Å². The topological polar surface area (TPSA) is 109 Å². The van der Waals surface area contributed by atoms with E-state index in [2.05, 4.69) is 10.1 Å². The Balaban J connectivity index is 1.23. The van der Waals surface area contributed by atoms with Gasteiger partial charge in [-0.1, -0.05) is 0 Å². The van der Waals surface area contributed by atoms with Crippen LogP contribution in [0.25, 0.3) is 28.0 Å². The predicted molar refractivity (Wildman–Crippen MR) is 136 cm³/mol. The first-order valence-electron chi connectivity index (χ1n) is 12.7.